The van der Waals surface area contributed by atoms with Gasteiger partial charge in [0.1, 0.15) is 0 Å². The average molecular weight is 366 g/mol. The molecule has 0 radical (unpaired) electrons. The van der Waals surface area contributed by atoms with Gasteiger partial charge in [0, 0.05) is 35.4 Å². The second-order valence-electron chi connectivity index (χ2n) is 5.67. The number of oxazole rings is 1. The Morgan fingerprint density at radius 3 is 2.88 bits per heavy atom. The van der Waals surface area contributed by atoms with Crippen LogP contribution in [0, 0.1) is 0 Å². The predicted molar refractivity (Wildman–Crippen MR) is 95.8 cm³/mol. The van der Waals surface area contributed by atoms with E-state index in [4.69, 9.17) is 27.6 Å². The average Bonchev–Trinajstić information content (AvgIpc) is 2.87. The first-order valence-corrected chi connectivity index (χ1v) is 8.32. The predicted octanol–water partition coefficient (Wildman–Crippen LogP) is 3.99. The summed E-state index contributed by atoms with van der Waals surface area (Å²) in [5, 5.41) is 1.25. The van der Waals surface area contributed by atoms with Crippen LogP contribution in [0.3, 0.4) is 0 Å². The Morgan fingerprint density at radius 2 is 2.12 bits per heavy atom. The summed E-state index contributed by atoms with van der Waals surface area (Å²) in [4.78, 5) is 18.3. The van der Waals surface area contributed by atoms with Gasteiger partial charge in [0.15, 0.2) is 11.2 Å². The molecule has 0 saturated heterocycles. The van der Waals surface area contributed by atoms with Gasteiger partial charge in [0.2, 0.25) is 0 Å². The van der Waals surface area contributed by atoms with Gasteiger partial charge in [-0.25, -0.2) is 9.78 Å². The number of aromatic nitrogens is 2. The minimum atomic E-state index is -0.394. The molecule has 126 valence electrons. The zero-order chi connectivity index (χ0) is 17.3. The first-order valence-electron chi connectivity index (χ1n) is 7.57. The Labute approximate surface area is 149 Å². The van der Waals surface area contributed by atoms with Crippen molar-refractivity contribution in [3.63, 3.8) is 0 Å². The van der Waals surface area contributed by atoms with Crippen molar-refractivity contribution >= 4 is 34.4 Å². The van der Waals surface area contributed by atoms with Crippen molar-refractivity contribution in [1.82, 2.24) is 14.5 Å². The van der Waals surface area contributed by atoms with Crippen molar-refractivity contribution < 1.29 is 4.42 Å². The summed E-state index contributed by atoms with van der Waals surface area (Å²) in [6, 6.07) is 9.04. The molecule has 0 fully saturated rings. The van der Waals surface area contributed by atoms with Crippen LogP contribution in [0.4, 0.5) is 0 Å². The van der Waals surface area contributed by atoms with Gasteiger partial charge >= 0.3 is 5.76 Å². The fourth-order valence-electron chi connectivity index (χ4n) is 2.63. The van der Waals surface area contributed by atoms with Gasteiger partial charge in [-0.05, 0) is 43.8 Å². The molecule has 0 spiro atoms. The Morgan fingerprint density at radius 1 is 1.33 bits per heavy atom. The normalized spacial score (nSPS) is 12.9. The SMILES string of the molecule is CC(c1ccc(Cl)cc1Cl)N(C)CCn1c(=O)oc2cccnc21. The van der Waals surface area contributed by atoms with Crippen molar-refractivity contribution in [3.8, 4) is 0 Å². The molecule has 3 aromatic rings. The summed E-state index contributed by atoms with van der Waals surface area (Å²) in [5.74, 6) is -0.394. The van der Waals surface area contributed by atoms with E-state index < -0.39 is 5.76 Å². The highest BCUT2D eigenvalue weighted by atomic mass is 35.5. The van der Waals surface area contributed by atoms with Crippen LogP contribution in [0.25, 0.3) is 11.2 Å². The zero-order valence-electron chi connectivity index (χ0n) is 13.4. The first-order chi connectivity index (χ1) is 11.5. The molecule has 0 N–H and O–H groups in total. The molecule has 1 atom stereocenters. The monoisotopic (exact) mass is 365 g/mol. The smallest absolute Gasteiger partial charge is 0.406 e. The molecule has 0 saturated carbocycles. The molecule has 1 unspecified atom stereocenters. The largest absolute Gasteiger partial charge is 0.421 e. The van der Waals surface area contributed by atoms with Crippen molar-refractivity contribution in [1.29, 1.82) is 0 Å². The van der Waals surface area contributed by atoms with Crippen LogP contribution in [0.15, 0.2) is 45.7 Å². The van der Waals surface area contributed by atoms with E-state index in [1.54, 1.807) is 29.0 Å². The fraction of sp³-hybridized carbons (Fsp3) is 0.294. The summed E-state index contributed by atoms with van der Waals surface area (Å²) in [5.41, 5.74) is 2.05. The van der Waals surface area contributed by atoms with E-state index >= 15 is 0 Å². The number of likely N-dealkylation sites (N-methyl/N-ethyl adjacent to an activating group) is 1. The topological polar surface area (TPSA) is 51.3 Å². The number of benzene rings is 1. The summed E-state index contributed by atoms with van der Waals surface area (Å²) in [6.45, 7) is 3.18. The third-order valence-electron chi connectivity index (χ3n) is 4.17. The van der Waals surface area contributed by atoms with Crippen molar-refractivity contribution in [3.05, 3.63) is 62.7 Å². The number of hydrogen-bond acceptors (Lipinski definition) is 4. The van der Waals surface area contributed by atoms with Gasteiger partial charge < -0.3 is 4.42 Å². The van der Waals surface area contributed by atoms with Crippen LogP contribution in [0.2, 0.25) is 10.0 Å². The van der Waals surface area contributed by atoms with E-state index in [-0.39, 0.29) is 6.04 Å². The van der Waals surface area contributed by atoms with Crippen molar-refractivity contribution in [2.75, 3.05) is 13.6 Å². The van der Waals surface area contributed by atoms with E-state index in [2.05, 4.69) is 16.8 Å². The standard InChI is InChI=1S/C17H17Cl2N3O2/c1-11(13-6-5-12(18)10-14(13)19)21(2)8-9-22-16-15(24-17(22)23)4-3-7-20-16/h3-7,10-11H,8-9H2,1-2H3. The van der Waals surface area contributed by atoms with E-state index in [9.17, 15) is 4.79 Å². The Hall–Kier alpha value is -1.82. The lowest BCUT2D eigenvalue weighted by molar-refractivity contribution is 0.249. The van der Waals surface area contributed by atoms with Crippen LogP contribution in [0.5, 0.6) is 0 Å². The molecule has 2 heterocycles. The van der Waals surface area contributed by atoms with Crippen LogP contribution in [-0.4, -0.2) is 28.0 Å². The minimum Gasteiger partial charge on any atom is -0.406 e. The Bertz CT molecular complexity index is 920. The van der Waals surface area contributed by atoms with Gasteiger partial charge in [0.05, 0.1) is 0 Å². The number of halogens is 2. The van der Waals surface area contributed by atoms with Crippen LogP contribution in [0.1, 0.15) is 18.5 Å². The van der Waals surface area contributed by atoms with Gasteiger partial charge in [0.25, 0.3) is 0 Å². The maximum absolute atomic E-state index is 12.0. The Kier molecular flexibility index (Phi) is 4.94. The van der Waals surface area contributed by atoms with Crippen molar-refractivity contribution in [2.45, 2.75) is 19.5 Å². The molecule has 0 amide bonds. The molecule has 2 aromatic heterocycles. The number of pyridine rings is 1. The number of rotatable bonds is 5. The van der Waals surface area contributed by atoms with E-state index in [0.717, 1.165) is 5.56 Å². The highest BCUT2D eigenvalue weighted by Gasteiger charge is 2.16. The maximum atomic E-state index is 12.0. The molecule has 0 aliphatic rings. The molecule has 1 aromatic carbocycles. The minimum absolute atomic E-state index is 0.0802. The summed E-state index contributed by atoms with van der Waals surface area (Å²) >= 11 is 12.2. The summed E-state index contributed by atoms with van der Waals surface area (Å²) in [7, 11) is 1.98. The first kappa shape index (κ1) is 17.0. The zero-order valence-corrected chi connectivity index (χ0v) is 14.9. The molecule has 5 nitrogen and oxygen atoms in total. The lowest BCUT2D eigenvalue weighted by Gasteiger charge is -2.25. The number of nitrogens with zero attached hydrogens (tertiary/aromatic N) is 3. The number of fused-ring (bicyclic) bond motifs is 1. The summed E-state index contributed by atoms with van der Waals surface area (Å²) < 4.78 is 6.74. The van der Waals surface area contributed by atoms with Crippen LogP contribution in [-0.2, 0) is 6.54 Å². The molecule has 3 rings (SSSR count). The molecule has 0 bridgehead atoms. The molecular weight excluding hydrogens is 349 g/mol. The Balaban J connectivity index is 1.76. The van der Waals surface area contributed by atoms with Gasteiger partial charge in [-0.1, -0.05) is 29.3 Å². The van der Waals surface area contributed by atoms with Crippen molar-refractivity contribution in [2.24, 2.45) is 0 Å². The molecule has 0 aliphatic carbocycles. The van der Waals surface area contributed by atoms with Gasteiger partial charge in [-0.15, -0.1) is 0 Å². The molecule has 24 heavy (non-hydrogen) atoms. The van der Waals surface area contributed by atoms with Crippen LogP contribution < -0.4 is 5.76 Å². The highest BCUT2D eigenvalue weighted by molar-refractivity contribution is 6.35. The third kappa shape index (κ3) is 3.34. The van der Waals surface area contributed by atoms with Gasteiger partial charge in [-0.3, -0.25) is 9.47 Å². The van der Waals surface area contributed by atoms with Crippen LogP contribution >= 0.6 is 23.2 Å². The number of hydrogen-bond donors (Lipinski definition) is 0. The summed E-state index contributed by atoms with van der Waals surface area (Å²) in [6.07, 6.45) is 1.65. The molecule has 7 heteroatoms. The molecular formula is C17H17Cl2N3O2. The van der Waals surface area contributed by atoms with E-state index in [0.29, 0.717) is 34.4 Å². The van der Waals surface area contributed by atoms with E-state index in [1.165, 1.54) is 0 Å². The lowest BCUT2D eigenvalue weighted by Crippen LogP contribution is -2.29. The highest BCUT2D eigenvalue weighted by Crippen LogP contribution is 2.29. The second kappa shape index (κ2) is 6.97. The third-order valence-corrected chi connectivity index (χ3v) is 4.74. The quantitative estimate of drug-likeness (QED) is 0.685. The fourth-order valence-corrected chi connectivity index (χ4v) is 3.19. The maximum Gasteiger partial charge on any atom is 0.421 e. The molecule has 0 aliphatic heterocycles. The second-order valence-corrected chi connectivity index (χ2v) is 6.51. The van der Waals surface area contributed by atoms with E-state index in [1.807, 2.05) is 19.2 Å². The van der Waals surface area contributed by atoms with Gasteiger partial charge in [-0.2, -0.15) is 0 Å². The lowest BCUT2D eigenvalue weighted by atomic mass is 10.1.